The van der Waals surface area contributed by atoms with Gasteiger partial charge in [-0.25, -0.2) is 9.78 Å². The third kappa shape index (κ3) is 3.61. The molecule has 112 valence electrons. The average Bonchev–Trinajstić information content (AvgIpc) is 2.84. The molecule has 2 N–H and O–H groups in total. The fourth-order valence-electron chi connectivity index (χ4n) is 1.89. The Morgan fingerprint density at radius 1 is 1.38 bits per heavy atom. The van der Waals surface area contributed by atoms with Crippen molar-refractivity contribution in [2.45, 2.75) is 39.7 Å². The maximum atomic E-state index is 12.1. The number of aromatic nitrogens is 1. The monoisotopic (exact) mass is 304 g/mol. The van der Waals surface area contributed by atoms with Gasteiger partial charge in [0.15, 0.2) is 0 Å². The molecule has 0 saturated carbocycles. The van der Waals surface area contributed by atoms with E-state index in [1.54, 1.807) is 6.07 Å². The standard InChI is InChI=1S/C16H20N2O2S/c1-10-6-5-7-11(17)14(10)15(19)20-8-13-18-12(9-21-13)16(2,3)4/h5-7,9H,8,17H2,1-4H3. The molecule has 0 atom stereocenters. The number of rotatable bonds is 3. The van der Waals surface area contributed by atoms with Crippen LogP contribution in [-0.4, -0.2) is 11.0 Å². The van der Waals surface area contributed by atoms with Crippen LogP contribution in [0.3, 0.4) is 0 Å². The van der Waals surface area contributed by atoms with Gasteiger partial charge in [0.2, 0.25) is 0 Å². The highest BCUT2D eigenvalue weighted by atomic mass is 32.1. The van der Waals surface area contributed by atoms with E-state index in [9.17, 15) is 4.79 Å². The molecule has 0 unspecified atom stereocenters. The van der Waals surface area contributed by atoms with E-state index in [1.165, 1.54) is 11.3 Å². The summed E-state index contributed by atoms with van der Waals surface area (Å²) >= 11 is 1.50. The van der Waals surface area contributed by atoms with Crippen molar-refractivity contribution >= 4 is 23.0 Å². The van der Waals surface area contributed by atoms with Crippen molar-refractivity contribution in [2.75, 3.05) is 5.73 Å². The van der Waals surface area contributed by atoms with Crippen LogP contribution in [0.15, 0.2) is 23.6 Å². The van der Waals surface area contributed by atoms with Crippen LogP contribution < -0.4 is 5.73 Å². The Balaban J connectivity index is 2.06. The molecule has 1 heterocycles. The molecule has 1 aromatic carbocycles. The molecule has 0 bridgehead atoms. The molecule has 2 aromatic rings. The minimum absolute atomic E-state index is 0.000788. The van der Waals surface area contributed by atoms with Crippen LogP contribution in [0.25, 0.3) is 0 Å². The van der Waals surface area contributed by atoms with Crippen LogP contribution in [0.4, 0.5) is 5.69 Å². The summed E-state index contributed by atoms with van der Waals surface area (Å²) < 4.78 is 5.33. The highest BCUT2D eigenvalue weighted by Gasteiger charge is 2.19. The van der Waals surface area contributed by atoms with E-state index in [1.807, 2.05) is 24.4 Å². The lowest BCUT2D eigenvalue weighted by atomic mass is 9.93. The molecule has 0 aliphatic carbocycles. The molecule has 4 nitrogen and oxygen atoms in total. The van der Waals surface area contributed by atoms with Gasteiger partial charge in [-0.2, -0.15) is 0 Å². The van der Waals surface area contributed by atoms with Gasteiger partial charge < -0.3 is 10.5 Å². The zero-order chi connectivity index (χ0) is 15.6. The molecule has 0 aliphatic rings. The number of hydrogen-bond acceptors (Lipinski definition) is 5. The van der Waals surface area contributed by atoms with Gasteiger partial charge in [0.1, 0.15) is 11.6 Å². The number of hydrogen-bond donors (Lipinski definition) is 1. The second-order valence-corrected chi connectivity index (χ2v) is 6.93. The largest absolute Gasteiger partial charge is 0.455 e. The first-order valence-corrected chi connectivity index (χ1v) is 7.64. The van der Waals surface area contributed by atoms with Gasteiger partial charge in [-0.1, -0.05) is 32.9 Å². The van der Waals surface area contributed by atoms with Gasteiger partial charge in [-0.15, -0.1) is 11.3 Å². The molecule has 0 radical (unpaired) electrons. The third-order valence-electron chi connectivity index (χ3n) is 3.16. The summed E-state index contributed by atoms with van der Waals surface area (Å²) in [6, 6.07) is 5.36. The van der Waals surface area contributed by atoms with E-state index in [2.05, 4.69) is 25.8 Å². The first kappa shape index (κ1) is 15.5. The minimum atomic E-state index is -0.405. The summed E-state index contributed by atoms with van der Waals surface area (Å²) in [7, 11) is 0. The summed E-state index contributed by atoms with van der Waals surface area (Å²) in [4.78, 5) is 16.6. The van der Waals surface area contributed by atoms with Crippen molar-refractivity contribution in [1.29, 1.82) is 0 Å². The highest BCUT2D eigenvalue weighted by molar-refractivity contribution is 7.09. The number of carbonyl (C=O) groups is 1. The number of thiazole rings is 1. The molecule has 21 heavy (non-hydrogen) atoms. The molecular weight excluding hydrogens is 284 g/mol. The van der Waals surface area contributed by atoms with Crippen LogP contribution >= 0.6 is 11.3 Å². The van der Waals surface area contributed by atoms with E-state index >= 15 is 0 Å². The predicted octanol–water partition coefficient (Wildman–Crippen LogP) is 3.69. The average molecular weight is 304 g/mol. The summed E-state index contributed by atoms with van der Waals surface area (Å²) in [5.74, 6) is -0.405. The van der Waals surface area contributed by atoms with Crippen molar-refractivity contribution in [3.05, 3.63) is 45.4 Å². The van der Waals surface area contributed by atoms with Crippen molar-refractivity contribution in [2.24, 2.45) is 0 Å². The van der Waals surface area contributed by atoms with Crippen molar-refractivity contribution in [3.63, 3.8) is 0 Å². The quantitative estimate of drug-likeness (QED) is 0.694. The topological polar surface area (TPSA) is 65.2 Å². The first-order valence-electron chi connectivity index (χ1n) is 6.76. The van der Waals surface area contributed by atoms with E-state index < -0.39 is 5.97 Å². The fourth-order valence-corrected chi connectivity index (χ4v) is 2.82. The number of nitrogen functional groups attached to an aromatic ring is 1. The molecule has 0 aliphatic heterocycles. The molecule has 1 aromatic heterocycles. The van der Waals surface area contributed by atoms with Crippen LogP contribution in [-0.2, 0) is 16.8 Å². The third-order valence-corrected chi connectivity index (χ3v) is 3.98. The van der Waals surface area contributed by atoms with Crippen molar-refractivity contribution < 1.29 is 9.53 Å². The Kier molecular flexibility index (Phi) is 4.32. The van der Waals surface area contributed by atoms with Gasteiger partial charge in [-0.3, -0.25) is 0 Å². The van der Waals surface area contributed by atoms with Gasteiger partial charge >= 0.3 is 5.97 Å². The van der Waals surface area contributed by atoms with Crippen molar-refractivity contribution in [1.82, 2.24) is 4.98 Å². The highest BCUT2D eigenvalue weighted by Crippen LogP contribution is 2.24. The Morgan fingerprint density at radius 2 is 2.10 bits per heavy atom. The second-order valence-electron chi connectivity index (χ2n) is 5.99. The Bertz CT molecular complexity index is 636. The summed E-state index contributed by atoms with van der Waals surface area (Å²) in [6.07, 6.45) is 0. The Morgan fingerprint density at radius 3 is 2.67 bits per heavy atom. The number of esters is 1. The summed E-state index contributed by atoms with van der Waals surface area (Å²) in [5, 5.41) is 2.80. The fraction of sp³-hybridized carbons (Fsp3) is 0.375. The lowest BCUT2D eigenvalue weighted by Crippen LogP contribution is -2.12. The number of carbonyl (C=O) groups excluding carboxylic acids is 1. The maximum absolute atomic E-state index is 12.1. The smallest absolute Gasteiger partial charge is 0.340 e. The van der Waals surface area contributed by atoms with Gasteiger partial charge in [0.05, 0.1) is 11.3 Å². The SMILES string of the molecule is Cc1cccc(N)c1C(=O)OCc1nc(C(C)(C)C)cs1. The summed E-state index contributed by atoms with van der Waals surface area (Å²) in [5.41, 5.74) is 8.54. The summed E-state index contributed by atoms with van der Waals surface area (Å²) in [6.45, 7) is 8.32. The predicted molar refractivity (Wildman–Crippen MR) is 85.5 cm³/mol. The van der Waals surface area contributed by atoms with Gasteiger partial charge in [0, 0.05) is 16.5 Å². The molecule has 0 spiro atoms. The molecule has 0 fully saturated rings. The minimum Gasteiger partial charge on any atom is -0.455 e. The number of nitrogens with two attached hydrogens (primary N) is 1. The Hall–Kier alpha value is -1.88. The molecule has 2 rings (SSSR count). The van der Waals surface area contributed by atoms with Gasteiger partial charge in [-0.05, 0) is 18.6 Å². The van der Waals surface area contributed by atoms with Crippen LogP contribution in [0.2, 0.25) is 0 Å². The zero-order valence-corrected chi connectivity index (χ0v) is 13.6. The number of ether oxygens (including phenoxy) is 1. The van der Waals surface area contributed by atoms with E-state index in [-0.39, 0.29) is 12.0 Å². The number of aryl methyl sites for hydroxylation is 1. The maximum Gasteiger partial charge on any atom is 0.340 e. The van der Waals surface area contributed by atoms with E-state index in [0.29, 0.717) is 11.3 Å². The molecular formula is C16H20N2O2S. The van der Waals surface area contributed by atoms with Crippen LogP contribution in [0, 0.1) is 6.92 Å². The van der Waals surface area contributed by atoms with Crippen molar-refractivity contribution in [3.8, 4) is 0 Å². The van der Waals surface area contributed by atoms with E-state index in [0.717, 1.165) is 16.3 Å². The second kappa shape index (κ2) is 5.85. The van der Waals surface area contributed by atoms with Gasteiger partial charge in [0.25, 0.3) is 0 Å². The number of anilines is 1. The molecule has 0 amide bonds. The van der Waals surface area contributed by atoms with Crippen LogP contribution in [0.5, 0.6) is 0 Å². The van der Waals surface area contributed by atoms with E-state index in [4.69, 9.17) is 10.5 Å². The zero-order valence-electron chi connectivity index (χ0n) is 12.8. The normalized spacial score (nSPS) is 11.4. The molecule has 0 saturated heterocycles. The lowest BCUT2D eigenvalue weighted by molar-refractivity contribution is 0.0472. The lowest BCUT2D eigenvalue weighted by Gasteiger charge is -2.14. The van der Waals surface area contributed by atoms with Crippen LogP contribution in [0.1, 0.15) is 47.4 Å². The number of benzene rings is 1. The first-order chi connectivity index (χ1) is 9.79. The number of nitrogens with zero attached hydrogens (tertiary/aromatic N) is 1. The Labute approximate surface area is 129 Å². The molecule has 5 heteroatoms.